The highest BCUT2D eigenvalue weighted by atomic mass is 32.1. The predicted octanol–water partition coefficient (Wildman–Crippen LogP) is -0.758. The van der Waals surface area contributed by atoms with Crippen LogP contribution in [0.25, 0.3) is 0 Å². The van der Waals surface area contributed by atoms with E-state index in [0.717, 1.165) is 18.9 Å². The Hall–Kier alpha value is -1.40. The number of nitrogens with one attached hydrogen (secondary N) is 2. The minimum atomic E-state index is -0.495. The Bertz CT molecular complexity index is 524. The van der Waals surface area contributed by atoms with Crippen molar-refractivity contribution in [3.05, 3.63) is 21.9 Å². The van der Waals surface area contributed by atoms with Crippen LogP contribution >= 0.6 is 11.3 Å². The Morgan fingerprint density at radius 3 is 2.95 bits per heavy atom. The van der Waals surface area contributed by atoms with Crippen LogP contribution in [0.15, 0.2) is 11.4 Å². The van der Waals surface area contributed by atoms with E-state index in [0.29, 0.717) is 12.6 Å². The minimum absolute atomic E-state index is 0.0656. The molecule has 2 heterocycles. The highest BCUT2D eigenvalue weighted by molar-refractivity contribution is 7.10. The van der Waals surface area contributed by atoms with Crippen molar-refractivity contribution in [3.8, 4) is 0 Å². The van der Waals surface area contributed by atoms with E-state index < -0.39 is 5.91 Å². The van der Waals surface area contributed by atoms with E-state index in [1.54, 1.807) is 0 Å². The van der Waals surface area contributed by atoms with Gasteiger partial charge in [0.1, 0.15) is 6.04 Å². The number of thiophene rings is 1. The summed E-state index contributed by atoms with van der Waals surface area (Å²) < 4.78 is 0. The number of fused-ring (bicyclic) bond motifs is 1. The molecule has 2 atom stereocenters. The quantitative estimate of drug-likeness (QED) is 0.668. The molecule has 0 radical (unpaired) electrons. The summed E-state index contributed by atoms with van der Waals surface area (Å²) in [4.78, 5) is 25.4. The Kier molecular flexibility index (Phi) is 3.76. The molecule has 1 aromatic heterocycles. The molecule has 0 spiro atoms. The summed E-state index contributed by atoms with van der Waals surface area (Å²) in [6.07, 6.45) is 3.59. The normalized spacial score (nSPS) is 25.0. The Balaban J connectivity index is 1.67. The second-order valence-corrected chi connectivity index (χ2v) is 6.69. The first-order valence-electron chi connectivity index (χ1n) is 7.11. The van der Waals surface area contributed by atoms with Gasteiger partial charge < -0.3 is 16.0 Å². The zero-order valence-electron chi connectivity index (χ0n) is 11.4. The summed E-state index contributed by atoms with van der Waals surface area (Å²) in [6, 6.07) is 2.69. The number of hydrogen-bond acceptors (Lipinski definition) is 3. The third-order valence-electron chi connectivity index (χ3n) is 4.17. The molecule has 1 unspecified atom stereocenters. The third kappa shape index (κ3) is 2.86. The second-order valence-electron chi connectivity index (χ2n) is 5.69. The molecule has 5 nitrogen and oxygen atoms in total. The smallest absolute Gasteiger partial charge is 0.275 e. The van der Waals surface area contributed by atoms with Crippen molar-refractivity contribution < 1.29 is 14.5 Å². The fourth-order valence-corrected chi connectivity index (χ4v) is 4.08. The topological polar surface area (TPSA) is 76.6 Å². The largest absolute Gasteiger partial charge is 0.368 e. The number of rotatable bonds is 5. The molecule has 2 aliphatic rings. The molecule has 1 aliphatic carbocycles. The summed E-state index contributed by atoms with van der Waals surface area (Å²) in [5, 5.41) is 4.76. The van der Waals surface area contributed by atoms with Crippen molar-refractivity contribution in [3.63, 3.8) is 0 Å². The molecule has 108 valence electrons. The highest BCUT2D eigenvalue weighted by Gasteiger charge is 2.43. The van der Waals surface area contributed by atoms with Crippen LogP contribution in [0.3, 0.4) is 0 Å². The van der Waals surface area contributed by atoms with Crippen LogP contribution in [0.4, 0.5) is 0 Å². The van der Waals surface area contributed by atoms with Crippen molar-refractivity contribution in [1.82, 2.24) is 5.32 Å². The van der Waals surface area contributed by atoms with Gasteiger partial charge in [0.2, 0.25) is 5.91 Å². The van der Waals surface area contributed by atoms with E-state index in [2.05, 4.69) is 16.8 Å². The molecule has 4 N–H and O–H groups in total. The van der Waals surface area contributed by atoms with Gasteiger partial charge in [-0.1, -0.05) is 0 Å². The Morgan fingerprint density at radius 1 is 1.45 bits per heavy atom. The van der Waals surface area contributed by atoms with E-state index in [-0.39, 0.29) is 12.5 Å². The average molecular weight is 294 g/mol. The van der Waals surface area contributed by atoms with Crippen LogP contribution in [0.1, 0.15) is 29.3 Å². The maximum absolute atomic E-state index is 11.9. The SMILES string of the molecule is NC(=O)CNC(=O)C[NH+]1CCc2sccc2[C@@H]1C1CC1. The van der Waals surface area contributed by atoms with Gasteiger partial charge in [0.25, 0.3) is 5.91 Å². The maximum Gasteiger partial charge on any atom is 0.275 e. The number of primary amides is 1. The summed E-state index contributed by atoms with van der Waals surface area (Å²) >= 11 is 1.83. The standard InChI is InChI=1S/C14H19N3O2S/c15-12(18)7-16-13(19)8-17-5-3-11-10(4-6-20-11)14(17)9-1-2-9/h4,6,9,14H,1-3,5,7-8H2,(H2,15,18)(H,16,19)/p+1/t14-/m0/s1. The average Bonchev–Trinajstić information content (AvgIpc) is 3.13. The summed E-state index contributed by atoms with van der Waals surface area (Å²) in [5.41, 5.74) is 6.50. The summed E-state index contributed by atoms with van der Waals surface area (Å²) in [7, 11) is 0. The molecule has 0 aromatic carbocycles. The molecule has 3 rings (SSSR count). The molecule has 1 aliphatic heterocycles. The van der Waals surface area contributed by atoms with Crippen molar-refractivity contribution in [2.45, 2.75) is 25.3 Å². The van der Waals surface area contributed by atoms with Gasteiger partial charge in [0.15, 0.2) is 6.54 Å². The number of amides is 2. The zero-order valence-corrected chi connectivity index (χ0v) is 12.2. The van der Waals surface area contributed by atoms with Crippen LogP contribution < -0.4 is 16.0 Å². The van der Waals surface area contributed by atoms with E-state index in [9.17, 15) is 9.59 Å². The number of carbonyl (C=O) groups excluding carboxylic acids is 2. The monoisotopic (exact) mass is 294 g/mol. The first kappa shape index (κ1) is 13.6. The molecule has 1 aromatic rings. The molecular formula is C14H20N3O2S+. The lowest BCUT2D eigenvalue weighted by atomic mass is 9.96. The molecule has 2 amide bonds. The van der Waals surface area contributed by atoms with Gasteiger partial charge >= 0.3 is 0 Å². The van der Waals surface area contributed by atoms with Gasteiger partial charge in [0, 0.05) is 22.8 Å². The van der Waals surface area contributed by atoms with Crippen molar-refractivity contribution >= 4 is 23.2 Å². The Morgan fingerprint density at radius 2 is 2.25 bits per heavy atom. The maximum atomic E-state index is 11.9. The van der Waals surface area contributed by atoms with E-state index in [4.69, 9.17) is 5.73 Å². The van der Waals surface area contributed by atoms with Crippen molar-refractivity contribution in [2.75, 3.05) is 19.6 Å². The number of nitrogens with two attached hydrogens (primary N) is 1. The van der Waals surface area contributed by atoms with Crippen LogP contribution in [-0.4, -0.2) is 31.4 Å². The van der Waals surface area contributed by atoms with Crippen LogP contribution in [0.5, 0.6) is 0 Å². The highest BCUT2D eigenvalue weighted by Crippen LogP contribution is 2.42. The second kappa shape index (κ2) is 5.54. The molecule has 1 fully saturated rings. The van der Waals surface area contributed by atoms with Gasteiger partial charge in [-0.15, -0.1) is 11.3 Å². The van der Waals surface area contributed by atoms with E-state index >= 15 is 0 Å². The molecular weight excluding hydrogens is 274 g/mol. The van der Waals surface area contributed by atoms with Crippen LogP contribution in [0.2, 0.25) is 0 Å². The number of hydrogen-bond donors (Lipinski definition) is 3. The van der Waals surface area contributed by atoms with Crippen LogP contribution in [-0.2, 0) is 16.0 Å². The van der Waals surface area contributed by atoms with E-state index in [1.165, 1.54) is 28.2 Å². The first-order valence-corrected chi connectivity index (χ1v) is 7.99. The minimum Gasteiger partial charge on any atom is -0.368 e. The third-order valence-corrected chi connectivity index (χ3v) is 5.17. The van der Waals surface area contributed by atoms with E-state index in [1.807, 2.05) is 11.3 Å². The van der Waals surface area contributed by atoms with Crippen molar-refractivity contribution in [1.29, 1.82) is 0 Å². The molecule has 0 bridgehead atoms. The summed E-state index contributed by atoms with van der Waals surface area (Å²) in [5.74, 6) is 0.150. The van der Waals surface area contributed by atoms with Gasteiger partial charge in [-0.3, -0.25) is 9.59 Å². The van der Waals surface area contributed by atoms with Crippen LogP contribution in [0, 0.1) is 5.92 Å². The summed E-state index contributed by atoms with van der Waals surface area (Å²) in [6.45, 7) is 1.37. The predicted molar refractivity (Wildman–Crippen MR) is 76.4 cm³/mol. The fourth-order valence-electron chi connectivity index (χ4n) is 3.15. The lowest BCUT2D eigenvalue weighted by molar-refractivity contribution is -0.928. The molecule has 20 heavy (non-hydrogen) atoms. The number of carbonyl (C=O) groups is 2. The first-order chi connectivity index (χ1) is 9.65. The van der Waals surface area contributed by atoms with Gasteiger partial charge in [-0.25, -0.2) is 0 Å². The molecule has 6 heteroatoms. The lowest BCUT2D eigenvalue weighted by Gasteiger charge is -2.32. The molecule has 1 saturated carbocycles. The number of quaternary nitrogens is 1. The molecule has 0 saturated heterocycles. The van der Waals surface area contributed by atoms with Gasteiger partial charge in [-0.2, -0.15) is 0 Å². The zero-order chi connectivity index (χ0) is 14.1. The van der Waals surface area contributed by atoms with Gasteiger partial charge in [-0.05, 0) is 24.3 Å². The van der Waals surface area contributed by atoms with Gasteiger partial charge in [0.05, 0.1) is 13.1 Å². The fraction of sp³-hybridized carbons (Fsp3) is 0.571. The Labute approximate surface area is 122 Å². The van der Waals surface area contributed by atoms with Crippen molar-refractivity contribution in [2.24, 2.45) is 11.7 Å². The lowest BCUT2D eigenvalue weighted by Crippen LogP contribution is -3.14.